The quantitative estimate of drug-likeness (QED) is 0.771. The van der Waals surface area contributed by atoms with Crippen LogP contribution in [0.25, 0.3) is 0 Å². The zero-order chi connectivity index (χ0) is 17.9. The molecule has 1 aromatic carbocycles. The highest BCUT2D eigenvalue weighted by Crippen LogP contribution is 2.38. The zero-order valence-corrected chi connectivity index (χ0v) is 15.9. The second-order valence-corrected chi connectivity index (χ2v) is 7.59. The molecule has 0 spiro atoms. The van der Waals surface area contributed by atoms with Crippen molar-refractivity contribution in [1.82, 2.24) is 9.80 Å². The van der Waals surface area contributed by atoms with Gasteiger partial charge in [-0.2, -0.15) is 0 Å². The number of fused-ring (bicyclic) bond motifs is 5. The van der Waals surface area contributed by atoms with Crippen LogP contribution in [0.15, 0.2) is 12.1 Å². The molecule has 0 amide bonds. The fraction of sp³-hybridized carbons (Fsp3) is 0.700. The Labute approximate surface area is 155 Å². The van der Waals surface area contributed by atoms with E-state index >= 15 is 0 Å². The van der Waals surface area contributed by atoms with Gasteiger partial charge in [0.25, 0.3) is 0 Å². The molecule has 2 bridgehead atoms. The van der Waals surface area contributed by atoms with E-state index in [1.165, 1.54) is 24.9 Å². The summed E-state index contributed by atoms with van der Waals surface area (Å²) < 4.78 is 22.4. The summed E-state index contributed by atoms with van der Waals surface area (Å²) in [6.07, 6.45) is 2.63. The lowest BCUT2D eigenvalue weighted by molar-refractivity contribution is 0.0867. The topological polar surface area (TPSA) is 43.4 Å². The fourth-order valence-corrected chi connectivity index (χ4v) is 4.55. The molecule has 4 heterocycles. The van der Waals surface area contributed by atoms with Gasteiger partial charge in [0.05, 0.1) is 13.7 Å². The molecule has 3 fully saturated rings. The molecule has 4 aliphatic heterocycles. The van der Waals surface area contributed by atoms with Gasteiger partial charge in [0.15, 0.2) is 11.5 Å². The average molecular weight is 362 g/mol. The maximum absolute atomic E-state index is 5.77. The molecule has 0 aliphatic carbocycles. The highest BCUT2D eigenvalue weighted by Gasteiger charge is 2.34. The zero-order valence-electron chi connectivity index (χ0n) is 15.9. The van der Waals surface area contributed by atoms with E-state index in [2.05, 4.69) is 15.9 Å². The molecule has 0 radical (unpaired) electrons. The van der Waals surface area contributed by atoms with Gasteiger partial charge in [-0.3, -0.25) is 9.80 Å². The van der Waals surface area contributed by atoms with Gasteiger partial charge in [0.1, 0.15) is 19.0 Å². The predicted octanol–water partition coefficient (Wildman–Crippen LogP) is 2.01. The summed E-state index contributed by atoms with van der Waals surface area (Å²) in [4.78, 5) is 5.21. The Bertz CT molecular complexity index is 624. The van der Waals surface area contributed by atoms with Crippen molar-refractivity contribution in [2.75, 3.05) is 60.2 Å². The lowest BCUT2D eigenvalue weighted by Gasteiger charge is -2.35. The normalized spacial score (nSPS) is 25.9. The van der Waals surface area contributed by atoms with Crippen molar-refractivity contribution < 1.29 is 18.9 Å². The molecule has 26 heavy (non-hydrogen) atoms. The molecule has 4 aliphatic rings. The molecule has 1 aromatic rings. The first kappa shape index (κ1) is 17.9. The van der Waals surface area contributed by atoms with E-state index in [0.717, 1.165) is 56.0 Å². The number of nitrogens with zero attached hydrogens (tertiary/aromatic N) is 2. The Balaban J connectivity index is 1.49. The Morgan fingerprint density at radius 2 is 1.85 bits per heavy atom. The van der Waals surface area contributed by atoms with Gasteiger partial charge in [0.2, 0.25) is 0 Å². The smallest absolute Gasteiger partial charge is 0.165 e. The van der Waals surface area contributed by atoms with E-state index < -0.39 is 0 Å². The van der Waals surface area contributed by atoms with Crippen LogP contribution in [-0.4, -0.2) is 76.1 Å². The van der Waals surface area contributed by atoms with Gasteiger partial charge in [-0.05, 0) is 24.8 Å². The molecule has 2 atom stereocenters. The van der Waals surface area contributed by atoms with Crippen LogP contribution in [0.3, 0.4) is 0 Å². The summed E-state index contributed by atoms with van der Waals surface area (Å²) >= 11 is 0. The summed E-state index contributed by atoms with van der Waals surface area (Å²) in [6.45, 7) is 7.42. The van der Waals surface area contributed by atoms with Gasteiger partial charge in [0, 0.05) is 57.5 Å². The molecule has 0 unspecified atom stereocenters. The van der Waals surface area contributed by atoms with Gasteiger partial charge in [-0.15, -0.1) is 0 Å². The Morgan fingerprint density at radius 3 is 2.62 bits per heavy atom. The molecule has 144 valence electrons. The van der Waals surface area contributed by atoms with Crippen LogP contribution in [0.4, 0.5) is 0 Å². The van der Waals surface area contributed by atoms with Crippen LogP contribution in [0.2, 0.25) is 0 Å². The number of hydrogen-bond acceptors (Lipinski definition) is 6. The summed E-state index contributed by atoms with van der Waals surface area (Å²) in [5.74, 6) is 3.26. The first-order chi connectivity index (χ1) is 12.8. The van der Waals surface area contributed by atoms with Crippen molar-refractivity contribution in [3.8, 4) is 17.2 Å². The van der Waals surface area contributed by atoms with Crippen LogP contribution in [0, 0.1) is 5.92 Å². The lowest BCUT2D eigenvalue weighted by Crippen LogP contribution is -2.45. The van der Waals surface area contributed by atoms with E-state index in [9.17, 15) is 0 Å². The third-order valence-corrected chi connectivity index (χ3v) is 5.82. The van der Waals surface area contributed by atoms with Gasteiger partial charge >= 0.3 is 0 Å². The minimum absolute atomic E-state index is 0.599. The number of benzene rings is 1. The van der Waals surface area contributed by atoms with Crippen LogP contribution < -0.4 is 14.2 Å². The monoisotopic (exact) mass is 362 g/mol. The molecular formula is C20H30N2O4. The van der Waals surface area contributed by atoms with Gasteiger partial charge < -0.3 is 18.9 Å². The van der Waals surface area contributed by atoms with Crippen molar-refractivity contribution in [2.24, 2.45) is 5.92 Å². The molecule has 6 heteroatoms. The molecule has 0 aromatic heterocycles. The van der Waals surface area contributed by atoms with Gasteiger partial charge in [-0.25, -0.2) is 0 Å². The summed E-state index contributed by atoms with van der Waals surface area (Å²) in [5.41, 5.74) is 1.18. The minimum Gasteiger partial charge on any atom is -0.496 e. The third kappa shape index (κ3) is 3.77. The van der Waals surface area contributed by atoms with Crippen LogP contribution in [-0.2, 0) is 11.3 Å². The molecule has 0 N–H and O–H groups in total. The minimum atomic E-state index is 0.599. The second-order valence-electron chi connectivity index (χ2n) is 7.59. The number of piperidine rings is 1. The Kier molecular flexibility index (Phi) is 5.52. The number of rotatable bonds is 6. The van der Waals surface area contributed by atoms with Crippen molar-refractivity contribution in [1.29, 1.82) is 0 Å². The van der Waals surface area contributed by atoms with E-state index in [0.29, 0.717) is 19.3 Å². The maximum Gasteiger partial charge on any atom is 0.165 e. The first-order valence-electron chi connectivity index (χ1n) is 9.68. The molecular weight excluding hydrogens is 332 g/mol. The molecule has 0 saturated carbocycles. The summed E-state index contributed by atoms with van der Waals surface area (Å²) in [7, 11) is 3.52. The third-order valence-electron chi connectivity index (χ3n) is 5.82. The van der Waals surface area contributed by atoms with Crippen LogP contribution in [0.5, 0.6) is 17.2 Å². The Hall–Kier alpha value is -1.50. The number of hydrogen-bond donors (Lipinski definition) is 0. The van der Waals surface area contributed by atoms with Crippen molar-refractivity contribution >= 4 is 0 Å². The average Bonchev–Trinajstić information content (AvgIpc) is 2.96. The fourth-order valence-electron chi connectivity index (χ4n) is 4.55. The molecule has 3 saturated heterocycles. The number of ether oxygens (including phenoxy) is 4. The lowest BCUT2D eigenvalue weighted by atomic mass is 9.95. The van der Waals surface area contributed by atoms with E-state index in [1.807, 2.05) is 6.07 Å². The van der Waals surface area contributed by atoms with Gasteiger partial charge in [-0.1, -0.05) is 0 Å². The summed E-state index contributed by atoms with van der Waals surface area (Å²) in [6, 6.07) is 4.70. The van der Waals surface area contributed by atoms with E-state index in [4.69, 9.17) is 18.9 Å². The van der Waals surface area contributed by atoms with Crippen molar-refractivity contribution in [3.05, 3.63) is 17.7 Å². The predicted molar refractivity (Wildman–Crippen MR) is 99.2 cm³/mol. The second kappa shape index (κ2) is 8.03. The maximum atomic E-state index is 5.77. The SMILES string of the molecule is COCCN1C[C@@H]2CC[C@H]1CN(Cc1cc3c(cc1OC)OCCO3)C2. The molecule has 6 nitrogen and oxygen atoms in total. The van der Waals surface area contributed by atoms with Crippen molar-refractivity contribution in [3.63, 3.8) is 0 Å². The number of methoxy groups -OCH3 is 2. The largest absolute Gasteiger partial charge is 0.496 e. The standard InChI is InChI=1S/C20H30N2O4/c1-23-6-5-22-12-15-3-4-17(22)14-21(11-15)13-16-9-19-20(10-18(16)24-2)26-8-7-25-19/h9-10,15,17H,3-8,11-14H2,1-2H3/t15-,17+/m1/s1. The van der Waals surface area contributed by atoms with E-state index in [-0.39, 0.29) is 0 Å². The highest BCUT2D eigenvalue weighted by atomic mass is 16.6. The summed E-state index contributed by atoms with van der Waals surface area (Å²) in [5, 5.41) is 0. The van der Waals surface area contributed by atoms with E-state index in [1.54, 1.807) is 14.2 Å². The molecule has 5 rings (SSSR count). The van der Waals surface area contributed by atoms with Crippen molar-refractivity contribution in [2.45, 2.75) is 25.4 Å². The highest BCUT2D eigenvalue weighted by molar-refractivity contribution is 5.51. The van der Waals surface area contributed by atoms with Crippen LogP contribution >= 0.6 is 0 Å². The first-order valence-corrected chi connectivity index (χ1v) is 9.68. The van der Waals surface area contributed by atoms with Crippen LogP contribution in [0.1, 0.15) is 18.4 Å². The Morgan fingerprint density at radius 1 is 1.04 bits per heavy atom.